The lowest BCUT2D eigenvalue weighted by Gasteiger charge is -2.19. The fraction of sp³-hybridized carbons (Fsp3) is 0.0909. The molecular formula is C22H15ClN2O3S. The third-order valence-corrected chi connectivity index (χ3v) is 5.94. The third-order valence-electron chi connectivity index (χ3n) is 4.73. The van der Waals surface area contributed by atoms with Gasteiger partial charge in [-0.2, -0.15) is 4.37 Å². The molecule has 1 N–H and O–H groups in total. The van der Waals surface area contributed by atoms with E-state index >= 15 is 0 Å². The molecule has 1 aliphatic heterocycles. The van der Waals surface area contributed by atoms with Crippen LogP contribution in [-0.2, 0) is 0 Å². The van der Waals surface area contributed by atoms with Crippen LogP contribution in [0.15, 0.2) is 54.6 Å². The van der Waals surface area contributed by atoms with E-state index in [1.165, 1.54) is 11.5 Å². The Bertz CT molecular complexity index is 1240. The van der Waals surface area contributed by atoms with Gasteiger partial charge in [-0.1, -0.05) is 29.8 Å². The van der Waals surface area contributed by atoms with Crippen molar-refractivity contribution < 1.29 is 14.3 Å². The highest BCUT2D eigenvalue weighted by Crippen LogP contribution is 2.40. The number of aldehydes is 1. The van der Waals surface area contributed by atoms with Gasteiger partial charge in [0.25, 0.3) is 0 Å². The smallest absolute Gasteiger partial charge is 0.161 e. The molecule has 0 saturated carbocycles. The molecule has 0 amide bonds. The molecule has 0 atom stereocenters. The summed E-state index contributed by atoms with van der Waals surface area (Å²) in [6.45, 7) is 1.13. The largest absolute Gasteiger partial charge is 0.486 e. The van der Waals surface area contributed by atoms with Gasteiger partial charge in [-0.05, 0) is 53.5 Å². The van der Waals surface area contributed by atoms with Crippen molar-refractivity contribution in [3.8, 4) is 22.6 Å². The molecule has 0 unspecified atom stereocenters. The third kappa shape index (κ3) is 3.30. The summed E-state index contributed by atoms with van der Waals surface area (Å²) in [5, 5.41) is 4.75. The Morgan fingerprint density at radius 3 is 2.72 bits per heavy atom. The van der Waals surface area contributed by atoms with E-state index in [-0.39, 0.29) is 0 Å². The number of anilines is 2. The van der Waals surface area contributed by atoms with Crippen LogP contribution in [0, 0.1) is 0 Å². The van der Waals surface area contributed by atoms with Crippen LogP contribution >= 0.6 is 23.1 Å². The minimum atomic E-state index is 0.471. The van der Waals surface area contributed by atoms with Gasteiger partial charge in [0.15, 0.2) is 17.3 Å². The summed E-state index contributed by atoms with van der Waals surface area (Å²) in [4.78, 5) is 10.9. The lowest BCUT2D eigenvalue weighted by atomic mass is 10.0. The first-order chi connectivity index (χ1) is 14.2. The second kappa shape index (κ2) is 7.39. The summed E-state index contributed by atoms with van der Waals surface area (Å²) in [6.07, 6.45) is 0.771. The maximum absolute atomic E-state index is 10.9. The van der Waals surface area contributed by atoms with Gasteiger partial charge in [-0.25, -0.2) is 0 Å². The molecule has 5 nitrogen and oxygen atoms in total. The highest BCUT2D eigenvalue weighted by molar-refractivity contribution is 7.14. The van der Waals surface area contributed by atoms with Crippen LogP contribution in [0.1, 0.15) is 10.4 Å². The maximum Gasteiger partial charge on any atom is 0.161 e. The molecule has 2 heterocycles. The highest BCUT2D eigenvalue weighted by atomic mass is 35.5. The number of nitrogens with one attached hydrogen (secondary N) is 1. The fourth-order valence-corrected chi connectivity index (χ4v) is 4.43. The molecule has 3 aromatic carbocycles. The molecule has 0 radical (unpaired) electrons. The predicted molar refractivity (Wildman–Crippen MR) is 116 cm³/mol. The zero-order valence-electron chi connectivity index (χ0n) is 15.1. The normalized spacial score (nSPS) is 12.7. The monoisotopic (exact) mass is 422 g/mol. The van der Waals surface area contributed by atoms with Gasteiger partial charge >= 0.3 is 0 Å². The summed E-state index contributed by atoms with van der Waals surface area (Å²) in [7, 11) is 0. The Labute approximate surface area is 176 Å². The summed E-state index contributed by atoms with van der Waals surface area (Å²) >= 11 is 7.72. The topological polar surface area (TPSA) is 60.5 Å². The molecule has 7 heteroatoms. The molecule has 29 heavy (non-hydrogen) atoms. The number of carbonyl (C=O) groups excluding carboxylic acids is 1. The van der Waals surface area contributed by atoms with Crippen molar-refractivity contribution in [3.63, 3.8) is 0 Å². The molecule has 0 fully saturated rings. The van der Waals surface area contributed by atoms with Gasteiger partial charge < -0.3 is 14.8 Å². The van der Waals surface area contributed by atoms with E-state index in [9.17, 15) is 4.79 Å². The fourth-order valence-electron chi connectivity index (χ4n) is 3.32. The Balaban J connectivity index is 1.54. The summed E-state index contributed by atoms with van der Waals surface area (Å²) in [5.41, 5.74) is 3.36. The van der Waals surface area contributed by atoms with Crippen molar-refractivity contribution in [1.82, 2.24) is 4.37 Å². The van der Waals surface area contributed by atoms with E-state index in [1.807, 2.05) is 30.3 Å². The van der Waals surface area contributed by atoms with Gasteiger partial charge in [0.2, 0.25) is 0 Å². The van der Waals surface area contributed by atoms with Gasteiger partial charge in [0.1, 0.15) is 19.5 Å². The minimum absolute atomic E-state index is 0.471. The number of benzene rings is 3. The van der Waals surface area contributed by atoms with Crippen molar-refractivity contribution >= 4 is 51.0 Å². The maximum atomic E-state index is 10.9. The van der Waals surface area contributed by atoms with Crippen molar-refractivity contribution in [2.45, 2.75) is 0 Å². The number of carbonyl (C=O) groups is 1. The van der Waals surface area contributed by atoms with Crippen LogP contribution in [0.3, 0.4) is 0 Å². The van der Waals surface area contributed by atoms with E-state index in [0.717, 1.165) is 44.8 Å². The number of fused-ring (bicyclic) bond motifs is 2. The van der Waals surface area contributed by atoms with E-state index in [2.05, 4.69) is 15.8 Å². The number of hydrogen-bond donors (Lipinski definition) is 1. The first-order valence-electron chi connectivity index (χ1n) is 9.03. The summed E-state index contributed by atoms with van der Waals surface area (Å²) in [5.74, 6) is 2.26. The molecule has 0 aliphatic carbocycles. The number of hydrogen-bond acceptors (Lipinski definition) is 6. The van der Waals surface area contributed by atoms with Crippen LogP contribution in [0.5, 0.6) is 11.5 Å². The minimum Gasteiger partial charge on any atom is -0.486 e. The summed E-state index contributed by atoms with van der Waals surface area (Å²) < 4.78 is 17.0. The molecule has 0 saturated heterocycles. The number of rotatable bonds is 4. The van der Waals surface area contributed by atoms with E-state index in [4.69, 9.17) is 21.1 Å². The molecule has 1 aromatic heterocycles. The van der Waals surface area contributed by atoms with Crippen LogP contribution in [0.25, 0.3) is 21.2 Å². The van der Waals surface area contributed by atoms with E-state index in [0.29, 0.717) is 29.5 Å². The number of nitrogens with zero attached hydrogens (tertiary/aromatic N) is 1. The van der Waals surface area contributed by atoms with Crippen molar-refractivity contribution in [2.75, 3.05) is 18.5 Å². The molecule has 144 valence electrons. The lowest BCUT2D eigenvalue weighted by molar-refractivity contribution is 0.112. The highest BCUT2D eigenvalue weighted by Gasteiger charge is 2.16. The molecule has 0 bridgehead atoms. The Kier molecular flexibility index (Phi) is 4.58. The zero-order chi connectivity index (χ0) is 19.8. The predicted octanol–water partition coefficient (Wildman–Crippen LogP) is 5.94. The Morgan fingerprint density at radius 2 is 1.90 bits per heavy atom. The quantitative estimate of drug-likeness (QED) is 0.412. The van der Waals surface area contributed by atoms with Crippen molar-refractivity contribution in [2.24, 2.45) is 0 Å². The Morgan fingerprint density at radius 1 is 1.03 bits per heavy atom. The first kappa shape index (κ1) is 18.0. The van der Waals surface area contributed by atoms with Crippen LogP contribution in [-0.4, -0.2) is 23.9 Å². The van der Waals surface area contributed by atoms with Crippen LogP contribution < -0.4 is 14.8 Å². The zero-order valence-corrected chi connectivity index (χ0v) is 16.7. The first-order valence-corrected chi connectivity index (χ1v) is 10.2. The van der Waals surface area contributed by atoms with Gasteiger partial charge in [0.05, 0.1) is 15.4 Å². The molecule has 1 aliphatic rings. The second-order valence-corrected chi connectivity index (χ2v) is 7.73. The van der Waals surface area contributed by atoms with Crippen molar-refractivity contribution in [3.05, 3.63) is 65.2 Å². The number of halogens is 1. The van der Waals surface area contributed by atoms with E-state index < -0.39 is 0 Å². The summed E-state index contributed by atoms with van der Waals surface area (Å²) in [6, 6.07) is 17.2. The average Bonchev–Trinajstić information content (AvgIpc) is 3.17. The van der Waals surface area contributed by atoms with E-state index in [1.54, 1.807) is 18.2 Å². The average molecular weight is 423 g/mol. The molecule has 5 rings (SSSR count). The Hall–Kier alpha value is -3.09. The molecule has 0 spiro atoms. The standard InChI is InChI=1S/C22H15ClN2O3S/c23-17-10-13(12-26)4-6-18(17)24-22-16-3-1-2-15(21(16)29-25-22)14-5-7-19-20(11-14)28-9-8-27-19/h1-7,10-12H,8-9H2,(H,24,25). The number of ether oxygens (including phenoxy) is 2. The SMILES string of the molecule is O=Cc1ccc(Nc2nsc3c(-c4ccc5c(c4)OCCO5)cccc23)c(Cl)c1. The van der Waals surface area contributed by atoms with Gasteiger partial charge in [-0.3, -0.25) is 4.79 Å². The van der Waals surface area contributed by atoms with Crippen LogP contribution in [0.4, 0.5) is 11.5 Å². The van der Waals surface area contributed by atoms with Gasteiger partial charge in [-0.15, -0.1) is 0 Å². The van der Waals surface area contributed by atoms with Crippen LogP contribution in [0.2, 0.25) is 5.02 Å². The van der Waals surface area contributed by atoms with Gasteiger partial charge in [0, 0.05) is 16.5 Å². The lowest BCUT2D eigenvalue weighted by Crippen LogP contribution is -2.15. The van der Waals surface area contributed by atoms with Crippen molar-refractivity contribution in [1.29, 1.82) is 0 Å². The molecule has 4 aromatic rings. The molecular weight excluding hydrogens is 408 g/mol. The number of aromatic nitrogens is 1. The second-order valence-electron chi connectivity index (χ2n) is 6.55.